The molecule has 0 amide bonds. The molecule has 0 aliphatic carbocycles. The van der Waals surface area contributed by atoms with Crippen LogP contribution in [0.3, 0.4) is 0 Å². The van der Waals surface area contributed by atoms with Crippen molar-refractivity contribution >= 4 is 18.1 Å². The van der Waals surface area contributed by atoms with Crippen LogP contribution in [0.5, 0.6) is 0 Å². The van der Waals surface area contributed by atoms with Gasteiger partial charge in [0.25, 0.3) is 0 Å². The fourth-order valence-electron chi connectivity index (χ4n) is 3.40. The van der Waals surface area contributed by atoms with Crippen LogP contribution in [0, 0.1) is 0 Å². The van der Waals surface area contributed by atoms with E-state index in [1.54, 1.807) is 0 Å². The van der Waals surface area contributed by atoms with Gasteiger partial charge in [-0.3, -0.25) is 0 Å². The molecule has 0 atom stereocenters. The Bertz CT molecular complexity index is 513. The molecule has 0 spiro atoms. The molecule has 2 aromatic carbocycles. The molecule has 0 fully saturated rings. The van der Waals surface area contributed by atoms with E-state index in [2.05, 4.69) is 31.2 Å². The van der Waals surface area contributed by atoms with Gasteiger partial charge in [-0.1, -0.05) is 0 Å². The van der Waals surface area contributed by atoms with Gasteiger partial charge >= 0.3 is 148 Å². The average molecular weight is 344 g/mol. The summed E-state index contributed by atoms with van der Waals surface area (Å²) in [6, 6.07) is 20.6. The van der Waals surface area contributed by atoms with E-state index < -0.39 is 7.49 Å². The van der Waals surface area contributed by atoms with Crippen LogP contribution in [0.15, 0.2) is 60.7 Å². The van der Waals surface area contributed by atoms with Gasteiger partial charge in [0.05, 0.1) is 0 Å². The monoisotopic (exact) mass is 344 g/mol. The number of benzene rings is 2. The van der Waals surface area contributed by atoms with Gasteiger partial charge in [0.15, 0.2) is 0 Å². The van der Waals surface area contributed by atoms with Crippen LogP contribution in [-0.4, -0.2) is 11.1 Å². The summed E-state index contributed by atoms with van der Waals surface area (Å²) in [5.41, 5.74) is 0. The number of hydrogen-bond donors (Lipinski definition) is 1. The summed E-state index contributed by atoms with van der Waals surface area (Å²) >= 11 is 0. The van der Waals surface area contributed by atoms with Crippen LogP contribution in [0.4, 0.5) is 0 Å². The fraction of sp³-hybridized carbons (Fsp3) is 0.455. The SMILES string of the molecule is CCCCCCCCCC[PH](O)(c1ccccc1)c1ccccc1. The van der Waals surface area contributed by atoms with E-state index in [-0.39, 0.29) is 0 Å². The van der Waals surface area contributed by atoms with Crippen LogP contribution in [0.1, 0.15) is 58.3 Å². The quantitative estimate of drug-likeness (QED) is 0.425. The van der Waals surface area contributed by atoms with Crippen LogP contribution in [-0.2, 0) is 0 Å². The Balaban J connectivity index is 1.91. The van der Waals surface area contributed by atoms with E-state index in [9.17, 15) is 4.89 Å². The topological polar surface area (TPSA) is 20.2 Å². The summed E-state index contributed by atoms with van der Waals surface area (Å²) < 4.78 is 0. The summed E-state index contributed by atoms with van der Waals surface area (Å²) in [7, 11) is -2.58. The zero-order chi connectivity index (χ0) is 17.1. The van der Waals surface area contributed by atoms with Gasteiger partial charge in [-0.05, 0) is 0 Å². The molecule has 0 unspecified atom stereocenters. The first kappa shape index (κ1) is 19.2. The number of hydrogen-bond acceptors (Lipinski definition) is 1. The second-order valence-electron chi connectivity index (χ2n) is 6.82. The zero-order valence-corrected chi connectivity index (χ0v) is 16.1. The van der Waals surface area contributed by atoms with Gasteiger partial charge in [0.2, 0.25) is 0 Å². The van der Waals surface area contributed by atoms with Crippen LogP contribution >= 0.6 is 7.49 Å². The van der Waals surface area contributed by atoms with Gasteiger partial charge in [0, 0.05) is 0 Å². The Morgan fingerprint density at radius 3 is 1.50 bits per heavy atom. The minimum absolute atomic E-state index is 0.927. The fourth-order valence-corrected chi connectivity index (χ4v) is 6.56. The Hall–Kier alpha value is -1.17. The first-order chi connectivity index (χ1) is 11.8. The first-order valence-electron chi connectivity index (χ1n) is 9.61. The molecule has 2 rings (SSSR count). The Labute approximate surface area is 148 Å². The van der Waals surface area contributed by atoms with Crippen molar-refractivity contribution in [2.75, 3.05) is 6.16 Å². The number of unbranched alkanes of at least 4 members (excludes halogenated alkanes) is 7. The third-order valence-electron chi connectivity index (χ3n) is 4.89. The molecular formula is C22H33OP. The maximum atomic E-state index is 11.6. The molecule has 1 nitrogen and oxygen atoms in total. The molecule has 2 aromatic rings. The van der Waals surface area contributed by atoms with E-state index in [4.69, 9.17) is 0 Å². The first-order valence-corrected chi connectivity index (χ1v) is 11.8. The molecule has 0 saturated heterocycles. The Morgan fingerprint density at radius 2 is 1.04 bits per heavy atom. The molecule has 1 N–H and O–H groups in total. The Kier molecular flexibility index (Phi) is 8.50. The molecule has 0 aliphatic rings. The van der Waals surface area contributed by atoms with Crippen LogP contribution in [0.25, 0.3) is 0 Å². The normalized spacial score (nSPS) is 12.2. The second kappa shape index (κ2) is 10.6. The van der Waals surface area contributed by atoms with Crippen molar-refractivity contribution in [2.45, 2.75) is 58.3 Å². The van der Waals surface area contributed by atoms with Crippen molar-refractivity contribution in [3.05, 3.63) is 60.7 Å². The molecule has 132 valence electrons. The summed E-state index contributed by atoms with van der Waals surface area (Å²) in [6.07, 6.45) is 11.4. The predicted octanol–water partition coefficient (Wildman–Crippen LogP) is 5.44. The molecular weight excluding hydrogens is 311 g/mol. The van der Waals surface area contributed by atoms with E-state index in [0.29, 0.717) is 0 Å². The average Bonchev–Trinajstić information content (AvgIpc) is 2.65. The van der Waals surface area contributed by atoms with Gasteiger partial charge in [-0.25, -0.2) is 0 Å². The van der Waals surface area contributed by atoms with E-state index in [0.717, 1.165) is 23.2 Å². The van der Waals surface area contributed by atoms with E-state index in [1.165, 1.54) is 44.9 Å². The van der Waals surface area contributed by atoms with Crippen LogP contribution in [0.2, 0.25) is 0 Å². The van der Waals surface area contributed by atoms with Crippen molar-refractivity contribution < 1.29 is 4.89 Å². The maximum absolute atomic E-state index is 11.6. The third-order valence-corrected chi connectivity index (χ3v) is 8.55. The third kappa shape index (κ3) is 5.72. The second-order valence-corrected chi connectivity index (χ2v) is 10.2. The van der Waals surface area contributed by atoms with Crippen molar-refractivity contribution in [1.29, 1.82) is 0 Å². The predicted molar refractivity (Wildman–Crippen MR) is 110 cm³/mol. The van der Waals surface area contributed by atoms with Crippen LogP contribution < -0.4 is 10.6 Å². The molecule has 0 bridgehead atoms. The summed E-state index contributed by atoms with van der Waals surface area (Å²) in [5.74, 6) is 0. The zero-order valence-electron chi connectivity index (χ0n) is 15.1. The molecule has 0 radical (unpaired) electrons. The Morgan fingerprint density at radius 1 is 0.625 bits per heavy atom. The van der Waals surface area contributed by atoms with Crippen molar-refractivity contribution in [1.82, 2.24) is 0 Å². The molecule has 0 aliphatic heterocycles. The summed E-state index contributed by atoms with van der Waals surface area (Å²) in [5, 5.41) is 2.28. The molecule has 0 saturated carbocycles. The molecule has 0 aromatic heterocycles. The standard InChI is InChI=1S/C22H33OP/c1-2-3-4-5-6-7-8-15-20-24(23,21-16-11-9-12-17-21)22-18-13-10-14-19-22/h9-14,16-19,23-24H,2-8,15,20H2,1H3. The van der Waals surface area contributed by atoms with E-state index >= 15 is 0 Å². The summed E-state index contributed by atoms with van der Waals surface area (Å²) in [4.78, 5) is 11.6. The van der Waals surface area contributed by atoms with E-state index in [1.807, 2.05) is 36.4 Å². The molecule has 2 heteroatoms. The van der Waals surface area contributed by atoms with Crippen molar-refractivity contribution in [2.24, 2.45) is 0 Å². The molecule has 0 heterocycles. The van der Waals surface area contributed by atoms with Gasteiger partial charge in [-0.15, -0.1) is 0 Å². The summed E-state index contributed by atoms with van der Waals surface area (Å²) in [6.45, 7) is 2.26. The molecule has 24 heavy (non-hydrogen) atoms. The van der Waals surface area contributed by atoms with Gasteiger partial charge < -0.3 is 0 Å². The van der Waals surface area contributed by atoms with Gasteiger partial charge in [-0.2, -0.15) is 0 Å². The van der Waals surface area contributed by atoms with Gasteiger partial charge in [0.1, 0.15) is 0 Å². The van der Waals surface area contributed by atoms with Crippen molar-refractivity contribution in [3.63, 3.8) is 0 Å². The number of rotatable bonds is 11. The van der Waals surface area contributed by atoms with Crippen molar-refractivity contribution in [3.8, 4) is 0 Å². The minimum atomic E-state index is -2.58.